The Morgan fingerprint density at radius 1 is 1.13 bits per heavy atom. The van der Waals surface area contributed by atoms with Crippen molar-refractivity contribution in [2.45, 2.75) is 19.8 Å². The lowest BCUT2D eigenvalue weighted by atomic mass is 10.1. The van der Waals surface area contributed by atoms with Crippen molar-refractivity contribution in [1.82, 2.24) is 0 Å². The highest BCUT2D eigenvalue weighted by atomic mass is 35.5. The molecule has 0 saturated carbocycles. The van der Waals surface area contributed by atoms with Crippen molar-refractivity contribution in [2.24, 2.45) is 5.10 Å². The maximum atomic E-state index is 13.0. The molecule has 2 aromatic rings. The van der Waals surface area contributed by atoms with E-state index in [2.05, 4.69) is 15.3 Å². The van der Waals surface area contributed by atoms with Crippen LogP contribution in [0.1, 0.15) is 18.4 Å². The van der Waals surface area contributed by atoms with E-state index in [-0.39, 0.29) is 18.2 Å². The summed E-state index contributed by atoms with van der Waals surface area (Å²) in [5.41, 5.74) is 3.43. The molecule has 2 heterocycles. The number of benzene rings is 2. The number of hydrogen-bond acceptors (Lipinski definition) is 5. The minimum atomic E-state index is -0.314. The zero-order valence-electron chi connectivity index (χ0n) is 16.7. The number of hydrogen-bond donors (Lipinski definition) is 1. The van der Waals surface area contributed by atoms with Crippen LogP contribution in [0, 0.1) is 6.92 Å². The van der Waals surface area contributed by atoms with Crippen molar-refractivity contribution in [3.63, 3.8) is 0 Å². The Balaban J connectivity index is 1.56. The predicted octanol–water partition coefficient (Wildman–Crippen LogP) is 3.61. The van der Waals surface area contributed by atoms with Crippen molar-refractivity contribution in [2.75, 3.05) is 41.5 Å². The second-order valence-electron chi connectivity index (χ2n) is 7.26. The second kappa shape index (κ2) is 8.85. The van der Waals surface area contributed by atoms with Gasteiger partial charge in [0.1, 0.15) is 5.71 Å². The molecule has 2 aromatic carbocycles. The van der Waals surface area contributed by atoms with Crippen LogP contribution in [-0.4, -0.2) is 43.8 Å². The molecule has 1 saturated heterocycles. The van der Waals surface area contributed by atoms with Crippen molar-refractivity contribution < 1.29 is 14.3 Å². The zero-order chi connectivity index (χ0) is 21.1. The number of para-hydroxylation sites is 2. The number of morpholine rings is 1. The van der Waals surface area contributed by atoms with Gasteiger partial charge in [0.2, 0.25) is 5.91 Å². The summed E-state index contributed by atoms with van der Waals surface area (Å²) in [5, 5.41) is 9.12. The number of amides is 2. The zero-order valence-corrected chi connectivity index (χ0v) is 17.5. The summed E-state index contributed by atoms with van der Waals surface area (Å²) in [7, 11) is 0. The first kappa shape index (κ1) is 20.4. The van der Waals surface area contributed by atoms with Gasteiger partial charge < -0.3 is 15.0 Å². The maximum absolute atomic E-state index is 13.0. The average molecular weight is 427 g/mol. The molecular weight excluding hydrogens is 404 g/mol. The van der Waals surface area contributed by atoms with E-state index in [1.54, 1.807) is 12.1 Å². The molecule has 1 fully saturated rings. The first-order chi connectivity index (χ1) is 14.5. The molecule has 0 aromatic heterocycles. The molecule has 0 aliphatic carbocycles. The largest absolute Gasteiger partial charge is 0.378 e. The van der Waals surface area contributed by atoms with Gasteiger partial charge >= 0.3 is 0 Å². The van der Waals surface area contributed by atoms with Crippen LogP contribution in [0.2, 0.25) is 5.02 Å². The predicted molar refractivity (Wildman–Crippen MR) is 118 cm³/mol. The van der Waals surface area contributed by atoms with Crippen LogP contribution in [0.15, 0.2) is 47.6 Å². The highest BCUT2D eigenvalue weighted by Crippen LogP contribution is 2.28. The standard InChI is InChI=1S/C22H23ClN4O3/c1-15-6-7-16(14-17(15)23)27-21(28)9-8-19(25-27)22(29)24-18-4-2-3-5-20(18)26-10-12-30-13-11-26/h2-7,14H,8-13H2,1H3,(H,24,29). The fraction of sp³-hybridized carbons (Fsp3) is 0.318. The van der Waals surface area contributed by atoms with Crippen LogP contribution in [0.3, 0.4) is 0 Å². The summed E-state index contributed by atoms with van der Waals surface area (Å²) >= 11 is 6.20. The number of nitrogens with one attached hydrogen (secondary N) is 1. The van der Waals surface area contributed by atoms with Crippen LogP contribution in [0.4, 0.5) is 17.1 Å². The fourth-order valence-corrected chi connectivity index (χ4v) is 3.66. The molecule has 7 nitrogen and oxygen atoms in total. The monoisotopic (exact) mass is 426 g/mol. The van der Waals surface area contributed by atoms with Crippen LogP contribution in [-0.2, 0) is 14.3 Å². The van der Waals surface area contributed by atoms with Crippen molar-refractivity contribution in [3.8, 4) is 0 Å². The van der Waals surface area contributed by atoms with Gasteiger partial charge in [-0.3, -0.25) is 9.59 Å². The van der Waals surface area contributed by atoms with E-state index in [1.807, 2.05) is 37.3 Å². The maximum Gasteiger partial charge on any atom is 0.271 e. The molecule has 0 bridgehead atoms. The van der Waals surface area contributed by atoms with Crippen LogP contribution in [0.5, 0.6) is 0 Å². The molecule has 4 rings (SSSR count). The number of carbonyl (C=O) groups excluding carboxylic acids is 2. The third-order valence-corrected chi connectivity index (χ3v) is 5.61. The molecule has 1 N–H and O–H groups in total. The van der Waals surface area contributed by atoms with Gasteiger partial charge in [-0.05, 0) is 36.8 Å². The number of carbonyl (C=O) groups is 2. The molecule has 2 aliphatic heterocycles. The van der Waals surface area contributed by atoms with E-state index in [1.165, 1.54) is 5.01 Å². The molecule has 30 heavy (non-hydrogen) atoms. The third-order valence-electron chi connectivity index (χ3n) is 5.20. The van der Waals surface area contributed by atoms with Gasteiger partial charge in [0.15, 0.2) is 0 Å². The number of ether oxygens (including phenoxy) is 1. The van der Waals surface area contributed by atoms with Gasteiger partial charge in [-0.2, -0.15) is 5.10 Å². The number of aryl methyl sites for hydroxylation is 1. The number of halogens is 1. The number of anilines is 3. The van der Waals surface area contributed by atoms with E-state index in [9.17, 15) is 9.59 Å². The summed E-state index contributed by atoms with van der Waals surface area (Å²) in [6.07, 6.45) is 0.503. The number of rotatable bonds is 4. The topological polar surface area (TPSA) is 74.2 Å². The van der Waals surface area contributed by atoms with Gasteiger partial charge in [0.25, 0.3) is 5.91 Å². The van der Waals surface area contributed by atoms with E-state index in [4.69, 9.17) is 16.3 Å². The van der Waals surface area contributed by atoms with E-state index < -0.39 is 0 Å². The number of nitrogens with zero attached hydrogens (tertiary/aromatic N) is 3. The highest BCUT2D eigenvalue weighted by molar-refractivity contribution is 6.44. The molecule has 0 unspecified atom stereocenters. The van der Waals surface area contributed by atoms with Gasteiger partial charge in [-0.15, -0.1) is 0 Å². The van der Waals surface area contributed by atoms with Gasteiger partial charge in [0.05, 0.1) is 30.3 Å². The summed E-state index contributed by atoms with van der Waals surface area (Å²) in [6, 6.07) is 13.0. The Bertz CT molecular complexity index is 1000. The quantitative estimate of drug-likeness (QED) is 0.810. The lowest BCUT2D eigenvalue weighted by Gasteiger charge is -2.30. The SMILES string of the molecule is Cc1ccc(N2N=C(C(=O)Nc3ccccc3N3CCOCC3)CCC2=O)cc1Cl. The molecule has 0 radical (unpaired) electrons. The van der Waals surface area contributed by atoms with Crippen molar-refractivity contribution in [3.05, 3.63) is 53.1 Å². The van der Waals surface area contributed by atoms with E-state index in [0.717, 1.165) is 24.3 Å². The average Bonchev–Trinajstić information content (AvgIpc) is 2.77. The molecular formula is C22H23ClN4O3. The van der Waals surface area contributed by atoms with Crippen LogP contribution in [0.25, 0.3) is 0 Å². The fourth-order valence-electron chi connectivity index (χ4n) is 3.49. The summed E-state index contributed by atoms with van der Waals surface area (Å²) in [6.45, 7) is 4.74. The van der Waals surface area contributed by atoms with E-state index >= 15 is 0 Å². The smallest absolute Gasteiger partial charge is 0.271 e. The van der Waals surface area contributed by atoms with Crippen molar-refractivity contribution >= 4 is 46.2 Å². The summed E-state index contributed by atoms with van der Waals surface area (Å²) < 4.78 is 5.42. The van der Waals surface area contributed by atoms with Crippen LogP contribution < -0.4 is 15.2 Å². The Kier molecular flexibility index (Phi) is 6.01. The molecule has 8 heteroatoms. The Hall–Kier alpha value is -2.90. The first-order valence-corrected chi connectivity index (χ1v) is 10.3. The second-order valence-corrected chi connectivity index (χ2v) is 7.66. The van der Waals surface area contributed by atoms with Crippen molar-refractivity contribution in [1.29, 1.82) is 0 Å². The van der Waals surface area contributed by atoms with Crippen LogP contribution >= 0.6 is 11.6 Å². The minimum absolute atomic E-state index is 0.166. The first-order valence-electron chi connectivity index (χ1n) is 9.92. The molecule has 2 amide bonds. The molecule has 0 spiro atoms. The highest BCUT2D eigenvalue weighted by Gasteiger charge is 2.26. The molecule has 156 valence electrons. The number of hydrazone groups is 1. The molecule has 0 atom stereocenters. The Morgan fingerprint density at radius 3 is 2.67 bits per heavy atom. The lowest BCUT2D eigenvalue weighted by Crippen LogP contribution is -2.38. The third kappa shape index (κ3) is 4.32. The molecule has 2 aliphatic rings. The summed E-state index contributed by atoms with van der Waals surface area (Å²) in [5.74, 6) is -0.480. The Morgan fingerprint density at radius 2 is 1.90 bits per heavy atom. The summed E-state index contributed by atoms with van der Waals surface area (Å²) in [4.78, 5) is 27.5. The lowest BCUT2D eigenvalue weighted by molar-refractivity contribution is -0.118. The van der Waals surface area contributed by atoms with Gasteiger partial charge in [0, 0.05) is 31.0 Å². The minimum Gasteiger partial charge on any atom is -0.378 e. The van der Waals surface area contributed by atoms with E-state index in [0.29, 0.717) is 41.7 Å². The normalized spacial score (nSPS) is 17.0. The van der Waals surface area contributed by atoms with Gasteiger partial charge in [-0.1, -0.05) is 29.8 Å². The Labute approximate surface area is 180 Å². The van der Waals surface area contributed by atoms with Gasteiger partial charge in [-0.25, -0.2) is 5.01 Å².